The third-order valence-electron chi connectivity index (χ3n) is 5.50. The van der Waals surface area contributed by atoms with Gasteiger partial charge >= 0.3 is 6.09 Å². The van der Waals surface area contributed by atoms with Crippen LogP contribution in [0.15, 0.2) is 60.7 Å². The Morgan fingerprint density at radius 1 is 1.10 bits per heavy atom. The first-order valence-electron chi connectivity index (χ1n) is 10.5. The first-order chi connectivity index (χ1) is 14.7. The molecule has 1 aliphatic heterocycles. The van der Waals surface area contributed by atoms with E-state index in [1.165, 1.54) is 0 Å². The van der Waals surface area contributed by atoms with Crippen LogP contribution in [0.25, 0.3) is 10.8 Å². The summed E-state index contributed by atoms with van der Waals surface area (Å²) in [6.07, 6.45) is 1.52. The largest absolute Gasteiger partial charge is 0.488 e. The molecule has 0 unspecified atom stereocenters. The number of alkyl halides is 1. The first-order valence-corrected chi connectivity index (χ1v) is 11.0. The maximum Gasteiger partial charge on any atom is 0.414 e. The van der Waals surface area contributed by atoms with Crippen LogP contribution in [0.4, 0.5) is 10.5 Å². The van der Waals surface area contributed by atoms with Crippen molar-refractivity contribution in [2.24, 2.45) is 0 Å². The highest BCUT2D eigenvalue weighted by atomic mass is 35.5. The molecule has 0 spiro atoms. The number of carbonyl (C=O) groups excluding carboxylic acids is 1. The number of hydrogen-bond donors (Lipinski definition) is 0. The Bertz CT molecular complexity index is 1020. The second-order valence-electron chi connectivity index (χ2n) is 7.56. The van der Waals surface area contributed by atoms with Gasteiger partial charge in [0.15, 0.2) is 0 Å². The minimum Gasteiger partial charge on any atom is -0.488 e. The van der Waals surface area contributed by atoms with Gasteiger partial charge in [-0.3, -0.25) is 4.90 Å². The number of hydrogen-bond acceptors (Lipinski definition) is 3. The highest BCUT2D eigenvalue weighted by Crippen LogP contribution is 2.45. The summed E-state index contributed by atoms with van der Waals surface area (Å²) in [6, 6.07) is 20.2. The highest BCUT2D eigenvalue weighted by Gasteiger charge is 2.35. The van der Waals surface area contributed by atoms with E-state index in [0.29, 0.717) is 25.6 Å². The fourth-order valence-electron chi connectivity index (χ4n) is 3.95. The number of halogens is 1. The minimum atomic E-state index is -0.318. The van der Waals surface area contributed by atoms with Gasteiger partial charge in [0.1, 0.15) is 12.4 Å². The number of benzene rings is 3. The number of amides is 1. The van der Waals surface area contributed by atoms with Crippen molar-refractivity contribution in [2.75, 3.05) is 23.9 Å². The number of rotatable bonds is 7. The lowest BCUT2D eigenvalue weighted by molar-refractivity contribution is 0.152. The Balaban J connectivity index is 1.71. The molecule has 4 nitrogen and oxygen atoms in total. The third-order valence-corrected chi connectivity index (χ3v) is 5.87. The average Bonchev–Trinajstić information content (AvgIpc) is 3.17. The summed E-state index contributed by atoms with van der Waals surface area (Å²) in [5, 5.41) is 2.11. The lowest BCUT2D eigenvalue weighted by Crippen LogP contribution is -2.31. The van der Waals surface area contributed by atoms with Crippen molar-refractivity contribution in [1.29, 1.82) is 0 Å². The lowest BCUT2D eigenvalue weighted by atomic mass is 9.95. The van der Waals surface area contributed by atoms with Crippen LogP contribution in [0.5, 0.6) is 5.75 Å². The summed E-state index contributed by atoms with van der Waals surface area (Å²) in [5.74, 6) is 1.27. The van der Waals surface area contributed by atoms with E-state index in [9.17, 15) is 4.79 Å². The van der Waals surface area contributed by atoms with Crippen molar-refractivity contribution in [2.45, 2.75) is 32.3 Å². The maximum atomic E-state index is 12.8. The van der Waals surface area contributed by atoms with Crippen LogP contribution >= 0.6 is 11.6 Å². The SMILES string of the molecule is CCCCOC(=O)N1C[C@@H](CCl)c2c1cc(OCc1ccccc1)c1ccccc21. The first kappa shape index (κ1) is 20.5. The number of unbranched alkanes of at least 4 members (excludes halogenated alkanes) is 1. The van der Waals surface area contributed by atoms with Gasteiger partial charge < -0.3 is 9.47 Å². The predicted molar refractivity (Wildman–Crippen MR) is 122 cm³/mol. The van der Waals surface area contributed by atoms with Crippen molar-refractivity contribution in [3.63, 3.8) is 0 Å². The number of nitrogens with zero attached hydrogens (tertiary/aromatic N) is 1. The zero-order valence-electron chi connectivity index (χ0n) is 17.1. The molecule has 0 saturated heterocycles. The van der Waals surface area contributed by atoms with Crippen molar-refractivity contribution >= 4 is 34.2 Å². The standard InChI is InChI=1S/C25H26ClNO3/c1-2-3-13-29-25(28)27-16-19(15-26)24-21-12-8-7-11-20(21)23(14-22(24)27)30-17-18-9-5-4-6-10-18/h4-12,14,19H,2-3,13,15-17H2,1H3/t19-/m1/s1. The van der Waals surface area contributed by atoms with Gasteiger partial charge in [0, 0.05) is 29.8 Å². The van der Waals surface area contributed by atoms with Gasteiger partial charge in [-0.15, -0.1) is 11.6 Å². The molecule has 30 heavy (non-hydrogen) atoms. The van der Waals surface area contributed by atoms with Crippen LogP contribution in [0.3, 0.4) is 0 Å². The van der Waals surface area contributed by atoms with Crippen LogP contribution in [-0.2, 0) is 11.3 Å². The summed E-state index contributed by atoms with van der Waals surface area (Å²) in [7, 11) is 0. The second kappa shape index (κ2) is 9.40. The van der Waals surface area contributed by atoms with E-state index in [0.717, 1.165) is 46.2 Å². The molecule has 0 bridgehead atoms. The second-order valence-corrected chi connectivity index (χ2v) is 7.87. The number of anilines is 1. The van der Waals surface area contributed by atoms with Crippen LogP contribution < -0.4 is 9.64 Å². The Labute approximate surface area is 182 Å². The molecule has 0 saturated carbocycles. The molecular formula is C25H26ClNO3. The number of carbonyl (C=O) groups is 1. The van der Waals surface area contributed by atoms with Gasteiger partial charge in [0.25, 0.3) is 0 Å². The van der Waals surface area contributed by atoms with Crippen LogP contribution in [0.2, 0.25) is 0 Å². The highest BCUT2D eigenvalue weighted by molar-refractivity contribution is 6.19. The molecule has 1 aliphatic rings. The fraction of sp³-hybridized carbons (Fsp3) is 0.320. The number of fused-ring (bicyclic) bond motifs is 3. The summed E-state index contributed by atoms with van der Waals surface area (Å²) < 4.78 is 11.7. The quantitative estimate of drug-likeness (QED) is 0.321. The number of ether oxygens (including phenoxy) is 2. The van der Waals surface area contributed by atoms with E-state index in [4.69, 9.17) is 21.1 Å². The predicted octanol–water partition coefficient (Wildman–Crippen LogP) is 6.50. The zero-order chi connectivity index (χ0) is 20.9. The molecule has 0 aromatic heterocycles. The van der Waals surface area contributed by atoms with Crippen molar-refractivity contribution < 1.29 is 14.3 Å². The van der Waals surface area contributed by atoms with Gasteiger partial charge in [-0.25, -0.2) is 4.79 Å². The van der Waals surface area contributed by atoms with E-state index in [-0.39, 0.29) is 12.0 Å². The van der Waals surface area contributed by atoms with E-state index in [2.05, 4.69) is 19.1 Å². The summed E-state index contributed by atoms with van der Waals surface area (Å²) in [5.41, 5.74) is 3.03. The van der Waals surface area contributed by atoms with E-state index >= 15 is 0 Å². The topological polar surface area (TPSA) is 38.8 Å². The molecular weight excluding hydrogens is 398 g/mol. The Hall–Kier alpha value is -2.72. The maximum absolute atomic E-state index is 12.8. The van der Waals surface area contributed by atoms with Crippen molar-refractivity contribution in [1.82, 2.24) is 0 Å². The Kier molecular flexibility index (Phi) is 6.44. The normalized spacial score (nSPS) is 15.3. The van der Waals surface area contributed by atoms with Gasteiger partial charge in [0.2, 0.25) is 0 Å². The van der Waals surface area contributed by atoms with E-state index < -0.39 is 0 Å². The molecule has 0 radical (unpaired) electrons. The van der Waals surface area contributed by atoms with Gasteiger partial charge in [0.05, 0.1) is 12.3 Å². The third kappa shape index (κ3) is 4.10. The Morgan fingerprint density at radius 2 is 1.83 bits per heavy atom. The van der Waals surface area contributed by atoms with Crippen LogP contribution in [0.1, 0.15) is 36.8 Å². The molecule has 0 fully saturated rings. The average molecular weight is 424 g/mol. The molecule has 3 aromatic rings. The smallest absolute Gasteiger partial charge is 0.414 e. The lowest BCUT2D eigenvalue weighted by Gasteiger charge is -2.19. The van der Waals surface area contributed by atoms with E-state index in [1.54, 1.807) is 4.90 Å². The summed E-state index contributed by atoms with van der Waals surface area (Å²) in [4.78, 5) is 14.5. The van der Waals surface area contributed by atoms with Gasteiger partial charge in [-0.05, 0) is 22.9 Å². The van der Waals surface area contributed by atoms with Gasteiger partial charge in [-0.1, -0.05) is 67.9 Å². The van der Waals surface area contributed by atoms with Crippen molar-refractivity contribution in [3.8, 4) is 5.75 Å². The monoisotopic (exact) mass is 423 g/mol. The fourth-order valence-corrected chi connectivity index (χ4v) is 4.20. The molecule has 3 aromatic carbocycles. The summed E-state index contributed by atoms with van der Waals surface area (Å²) in [6.45, 7) is 3.49. The summed E-state index contributed by atoms with van der Waals surface area (Å²) >= 11 is 6.30. The van der Waals surface area contributed by atoms with Gasteiger partial charge in [-0.2, -0.15) is 0 Å². The molecule has 4 rings (SSSR count). The minimum absolute atomic E-state index is 0.0634. The zero-order valence-corrected chi connectivity index (χ0v) is 17.9. The molecule has 1 amide bonds. The van der Waals surface area contributed by atoms with E-state index in [1.807, 2.05) is 48.5 Å². The molecule has 5 heteroatoms. The molecule has 0 N–H and O–H groups in total. The molecule has 1 heterocycles. The molecule has 1 atom stereocenters. The molecule has 0 aliphatic carbocycles. The molecule has 156 valence electrons. The Morgan fingerprint density at radius 3 is 2.57 bits per heavy atom. The van der Waals surface area contributed by atoms with Crippen molar-refractivity contribution in [3.05, 3.63) is 71.8 Å². The van der Waals surface area contributed by atoms with Crippen LogP contribution in [-0.4, -0.2) is 25.1 Å². The van der Waals surface area contributed by atoms with Crippen LogP contribution in [0, 0.1) is 0 Å².